The van der Waals surface area contributed by atoms with Crippen molar-refractivity contribution >= 4 is 28.0 Å². The largest absolute Gasteiger partial charge is 0.491 e. The highest BCUT2D eigenvalue weighted by molar-refractivity contribution is 7.20. The van der Waals surface area contributed by atoms with Gasteiger partial charge in [-0.15, -0.1) is 21.9 Å². The van der Waals surface area contributed by atoms with Gasteiger partial charge in [-0.3, -0.25) is 0 Å². The summed E-state index contributed by atoms with van der Waals surface area (Å²) in [5, 5.41) is 0. The Balaban J connectivity index is 0.000000268. The van der Waals surface area contributed by atoms with Crippen LogP contribution in [0.2, 0.25) is 0 Å². The normalized spacial score (nSPS) is 11.4. The van der Waals surface area contributed by atoms with Crippen molar-refractivity contribution < 1.29 is 123 Å². The van der Waals surface area contributed by atoms with Crippen LogP contribution in [0.25, 0.3) is 0 Å². The molecular formula is C46H22BF20IO3. The van der Waals surface area contributed by atoms with Crippen LogP contribution in [0, 0.1) is 123 Å². The number of hydrogen-bond acceptors (Lipinski definition) is 3. The van der Waals surface area contributed by atoms with E-state index in [1.807, 2.05) is 42.5 Å². The first-order valence-electron chi connectivity index (χ1n) is 19.5. The molecule has 7 rings (SSSR count). The lowest BCUT2D eigenvalue weighted by Gasteiger charge is -2.44. The maximum absolute atomic E-state index is 15.4. The zero-order valence-electron chi connectivity index (χ0n) is 34.7. The van der Waals surface area contributed by atoms with E-state index in [-0.39, 0.29) is 21.2 Å². The van der Waals surface area contributed by atoms with Crippen LogP contribution in [-0.4, -0.2) is 32.6 Å². The van der Waals surface area contributed by atoms with Gasteiger partial charge in [0.15, 0.2) is 79.1 Å². The standard InChI is InChI=1S/C24BF20.C22H22IO3/c26-5-1(6(27)14(35)21(42)13(5)34)25(2-7(28)15(36)22(43)16(37)8(2)29,3-9(30)17(38)23(44)18(39)10(3)31)4-11(32)19(40)24(45)20(41)12(4)33;1-3-9-19(10-4-1)23-21-13-7-8-14-22(21)26-18-16-24-15-17-25-20-11-5-2-6-12-20/h;1-14H,15-18H2/q-1;+1. The average Bonchev–Trinajstić information content (AvgIpc) is 3.37. The Labute approximate surface area is 396 Å². The number of benzene rings is 7. The summed E-state index contributed by atoms with van der Waals surface area (Å²) in [7, 11) is 0. The Hall–Kier alpha value is -6.51. The Morgan fingerprint density at radius 3 is 0.930 bits per heavy atom. The molecule has 0 aliphatic rings. The highest BCUT2D eigenvalue weighted by Crippen LogP contribution is 2.31. The quantitative estimate of drug-likeness (QED) is 0.0290. The van der Waals surface area contributed by atoms with E-state index in [2.05, 4.69) is 42.5 Å². The van der Waals surface area contributed by atoms with E-state index in [0.29, 0.717) is 26.4 Å². The van der Waals surface area contributed by atoms with Gasteiger partial charge in [0.25, 0.3) is 0 Å². The van der Waals surface area contributed by atoms with Crippen molar-refractivity contribution in [2.24, 2.45) is 0 Å². The third kappa shape index (κ3) is 10.1. The fourth-order valence-electron chi connectivity index (χ4n) is 7.16. The van der Waals surface area contributed by atoms with Crippen molar-refractivity contribution in [1.29, 1.82) is 0 Å². The third-order valence-electron chi connectivity index (χ3n) is 10.2. The number of ether oxygens (including phenoxy) is 3. The van der Waals surface area contributed by atoms with Crippen LogP contribution in [-0.2, 0) is 4.74 Å². The van der Waals surface area contributed by atoms with E-state index in [4.69, 9.17) is 14.2 Å². The fourth-order valence-corrected chi connectivity index (χ4v) is 9.59. The van der Waals surface area contributed by atoms with Gasteiger partial charge < -0.3 is 14.2 Å². The summed E-state index contributed by atoms with van der Waals surface area (Å²) < 4.78 is 314. The topological polar surface area (TPSA) is 27.7 Å². The van der Waals surface area contributed by atoms with Crippen molar-refractivity contribution in [3.63, 3.8) is 0 Å². The van der Waals surface area contributed by atoms with Gasteiger partial charge in [0.1, 0.15) is 71.6 Å². The van der Waals surface area contributed by atoms with Crippen LogP contribution in [0.3, 0.4) is 0 Å². The van der Waals surface area contributed by atoms with Gasteiger partial charge in [0.2, 0.25) is 3.57 Å². The van der Waals surface area contributed by atoms with Gasteiger partial charge in [-0.25, -0.2) is 87.8 Å². The van der Waals surface area contributed by atoms with Crippen LogP contribution in [0.1, 0.15) is 0 Å². The van der Waals surface area contributed by atoms with Gasteiger partial charge in [0.05, 0.1) is 13.2 Å². The van der Waals surface area contributed by atoms with Crippen LogP contribution in [0.4, 0.5) is 87.8 Å². The monoisotopic (exact) mass is 1140 g/mol. The molecule has 25 heteroatoms. The third-order valence-corrected chi connectivity index (χ3v) is 13.0. The van der Waals surface area contributed by atoms with Crippen LogP contribution < -0.4 is 52.5 Å². The van der Waals surface area contributed by atoms with Gasteiger partial charge in [-0.2, -0.15) is 0 Å². The number of rotatable bonds is 14. The molecule has 0 aromatic heterocycles. The molecule has 0 N–H and O–H groups in total. The molecule has 0 spiro atoms. The van der Waals surface area contributed by atoms with Gasteiger partial charge in [0, 0.05) is 0 Å². The predicted molar refractivity (Wildman–Crippen MR) is 208 cm³/mol. The van der Waals surface area contributed by atoms with Crippen molar-refractivity contribution in [3.8, 4) is 11.5 Å². The van der Waals surface area contributed by atoms with Crippen molar-refractivity contribution in [2.75, 3.05) is 26.4 Å². The lowest BCUT2D eigenvalue weighted by molar-refractivity contribution is -0.598. The Morgan fingerprint density at radius 1 is 0.296 bits per heavy atom. The summed E-state index contributed by atoms with van der Waals surface area (Å²) in [6.07, 6.45) is -7.22. The van der Waals surface area contributed by atoms with Gasteiger partial charge in [-0.05, 0) is 36.4 Å². The second-order valence-corrected chi connectivity index (χ2v) is 17.2. The van der Waals surface area contributed by atoms with E-state index in [9.17, 15) is 52.7 Å². The Bertz CT molecular complexity index is 2730. The molecule has 374 valence electrons. The van der Waals surface area contributed by atoms with Crippen LogP contribution in [0.15, 0.2) is 84.9 Å². The molecule has 0 atom stereocenters. The first-order chi connectivity index (χ1) is 33.6. The molecule has 0 unspecified atom stereocenters. The van der Waals surface area contributed by atoms with Gasteiger partial charge >= 0.3 is 21.2 Å². The molecule has 71 heavy (non-hydrogen) atoms. The number of para-hydroxylation sites is 2. The Kier molecular flexibility index (Phi) is 16.9. The molecule has 3 nitrogen and oxygen atoms in total. The summed E-state index contributed by atoms with van der Waals surface area (Å²) in [4.78, 5) is 0. The van der Waals surface area contributed by atoms with E-state index in [1.165, 1.54) is 7.14 Å². The molecule has 0 aliphatic carbocycles. The van der Waals surface area contributed by atoms with E-state index in [1.54, 1.807) is 0 Å². The molecule has 0 saturated heterocycles. The lowest BCUT2D eigenvalue weighted by Crippen LogP contribution is -3.61. The molecule has 0 heterocycles. The van der Waals surface area contributed by atoms with Crippen molar-refractivity contribution in [1.82, 2.24) is 0 Å². The summed E-state index contributed by atoms with van der Waals surface area (Å²) in [5.74, 6) is -69.6. The zero-order chi connectivity index (χ0) is 52.2. The Morgan fingerprint density at radius 2 is 0.577 bits per heavy atom. The van der Waals surface area contributed by atoms with Crippen molar-refractivity contribution in [3.05, 3.63) is 208 Å². The fraction of sp³-hybridized carbons (Fsp3) is 0.0870. The molecule has 0 saturated carbocycles. The molecule has 0 amide bonds. The number of halogens is 21. The highest BCUT2D eigenvalue weighted by atomic mass is 127. The molecule has 0 radical (unpaired) electrons. The molecule has 7 aromatic carbocycles. The van der Waals surface area contributed by atoms with Gasteiger partial charge in [-0.1, -0.05) is 48.5 Å². The van der Waals surface area contributed by atoms with E-state index in [0.717, 1.165) is 11.5 Å². The highest BCUT2D eigenvalue weighted by Gasteiger charge is 2.52. The minimum absolute atomic E-state index is 0.237. The maximum Gasteiger partial charge on any atom is 0.362 e. The van der Waals surface area contributed by atoms with E-state index < -0.39 is 144 Å². The lowest BCUT2D eigenvalue weighted by atomic mass is 9.12. The first-order valence-corrected chi connectivity index (χ1v) is 21.7. The summed E-state index contributed by atoms with van der Waals surface area (Å²) in [6, 6.07) is 28.6. The summed E-state index contributed by atoms with van der Waals surface area (Å²) in [6.45, 7) is 2.19. The summed E-state index contributed by atoms with van der Waals surface area (Å²) >= 11 is -0.237. The van der Waals surface area contributed by atoms with Crippen LogP contribution in [0.5, 0.6) is 11.5 Å². The molecule has 0 fully saturated rings. The average molecular weight is 1140 g/mol. The second-order valence-electron chi connectivity index (χ2n) is 14.2. The molecule has 0 bridgehead atoms. The molecule has 7 aromatic rings. The minimum Gasteiger partial charge on any atom is -0.491 e. The maximum atomic E-state index is 15.4. The van der Waals surface area contributed by atoms with Crippen molar-refractivity contribution in [2.45, 2.75) is 0 Å². The van der Waals surface area contributed by atoms with E-state index >= 15 is 35.1 Å². The zero-order valence-corrected chi connectivity index (χ0v) is 36.8. The minimum atomic E-state index is -7.22. The van der Waals surface area contributed by atoms with Crippen LogP contribution >= 0.6 is 0 Å². The molecule has 0 aliphatic heterocycles. The smallest absolute Gasteiger partial charge is 0.362 e. The predicted octanol–water partition coefficient (Wildman–Crippen LogP) is 7.14. The summed E-state index contributed by atoms with van der Waals surface area (Å²) in [5.41, 5.74) is -14.3. The second kappa shape index (κ2) is 22.3. The SMILES string of the molecule is Fc1c(F)c(F)c([B-](c2c(F)c(F)c(F)c(F)c2F)(c2c(F)c(F)c(F)c(F)c2F)c2c(F)c(F)c(F)c(F)c2F)c(F)c1F.c1ccc(OCCOCCOc2ccccc2[I+]c2ccccc2)cc1. The molecular weight excluding hydrogens is 1120 g/mol. The number of hydrogen-bond donors (Lipinski definition) is 0. The first kappa shape index (κ1) is 53.8.